The van der Waals surface area contributed by atoms with Crippen LogP contribution >= 0.6 is 0 Å². The van der Waals surface area contributed by atoms with Crippen LogP contribution in [0.3, 0.4) is 0 Å². The molecule has 1 fully saturated rings. The Balaban J connectivity index is 1.56. The molecular weight excluding hydrogens is 326 g/mol. The zero-order chi connectivity index (χ0) is 17.2. The van der Waals surface area contributed by atoms with Crippen molar-refractivity contribution in [2.24, 2.45) is 7.05 Å². The summed E-state index contributed by atoms with van der Waals surface area (Å²) >= 11 is 0. The van der Waals surface area contributed by atoms with E-state index in [1.165, 1.54) is 0 Å². The van der Waals surface area contributed by atoms with Crippen LogP contribution in [-0.2, 0) is 23.6 Å². The number of aromatic nitrogens is 3. The van der Waals surface area contributed by atoms with E-state index in [1.54, 1.807) is 27.3 Å². The number of hydrogen-bond acceptors (Lipinski definition) is 5. The molecule has 0 unspecified atom stereocenters. The minimum absolute atomic E-state index is 0.310. The molecule has 0 radical (unpaired) electrons. The molecule has 1 aromatic carbocycles. The van der Waals surface area contributed by atoms with Crippen LogP contribution in [0.2, 0.25) is 0 Å². The Hall–Kier alpha value is -1.77. The maximum Gasteiger partial charge on any atom is 0.243 e. The first-order valence-corrected chi connectivity index (χ1v) is 9.54. The largest absolute Gasteiger partial charge is 0.308 e. The topological polar surface area (TPSA) is 80.1 Å². The number of benzene rings is 1. The molecule has 1 aromatic heterocycles. The van der Waals surface area contributed by atoms with Crippen molar-refractivity contribution in [3.63, 3.8) is 0 Å². The Morgan fingerprint density at radius 3 is 2.46 bits per heavy atom. The van der Waals surface area contributed by atoms with Gasteiger partial charge in [0.25, 0.3) is 0 Å². The monoisotopic (exact) mass is 349 g/mol. The summed E-state index contributed by atoms with van der Waals surface area (Å²) in [6, 6.07) is 7.35. The van der Waals surface area contributed by atoms with Gasteiger partial charge in [-0.2, -0.15) is 4.31 Å². The summed E-state index contributed by atoms with van der Waals surface area (Å²) in [5, 5.41) is 11.2. The summed E-state index contributed by atoms with van der Waals surface area (Å²) in [5.41, 5.74) is 2.08. The smallest absolute Gasteiger partial charge is 0.243 e. The van der Waals surface area contributed by atoms with Crippen molar-refractivity contribution in [1.82, 2.24) is 24.6 Å². The third kappa shape index (κ3) is 3.66. The van der Waals surface area contributed by atoms with Crippen LogP contribution in [0.1, 0.15) is 24.1 Å². The van der Waals surface area contributed by atoms with Gasteiger partial charge in [0.1, 0.15) is 0 Å². The Labute approximate surface area is 142 Å². The fourth-order valence-electron chi connectivity index (χ4n) is 2.88. The Morgan fingerprint density at radius 2 is 1.88 bits per heavy atom. The highest BCUT2D eigenvalue weighted by atomic mass is 32.2. The lowest BCUT2D eigenvalue weighted by Crippen LogP contribution is -2.44. The molecule has 0 saturated carbocycles. The van der Waals surface area contributed by atoms with Crippen LogP contribution in [0.25, 0.3) is 0 Å². The first-order valence-electron chi connectivity index (χ1n) is 8.10. The molecular formula is C16H23N5O2S. The molecule has 1 N–H and O–H groups in total. The fourth-order valence-corrected chi connectivity index (χ4v) is 4.35. The van der Waals surface area contributed by atoms with Crippen molar-refractivity contribution in [3.05, 3.63) is 41.7 Å². The number of hydrogen-bond donors (Lipinski definition) is 1. The minimum Gasteiger partial charge on any atom is -0.308 e. The van der Waals surface area contributed by atoms with Gasteiger partial charge in [0, 0.05) is 32.7 Å². The fraction of sp³-hybridized carbons (Fsp3) is 0.500. The van der Waals surface area contributed by atoms with E-state index in [2.05, 4.69) is 15.6 Å². The molecule has 7 nitrogen and oxygen atoms in total. The summed E-state index contributed by atoms with van der Waals surface area (Å²) in [4.78, 5) is 0.375. The molecule has 0 atom stereocenters. The second-order valence-corrected chi connectivity index (χ2v) is 8.16. The van der Waals surface area contributed by atoms with E-state index in [0.717, 1.165) is 24.1 Å². The van der Waals surface area contributed by atoms with Gasteiger partial charge in [-0.15, -0.1) is 5.10 Å². The molecule has 0 aliphatic carbocycles. The second kappa shape index (κ2) is 7.00. The van der Waals surface area contributed by atoms with E-state index in [4.69, 9.17) is 0 Å². The average Bonchev–Trinajstić information content (AvgIpc) is 2.99. The zero-order valence-corrected chi connectivity index (χ0v) is 14.8. The quantitative estimate of drug-likeness (QED) is 0.873. The van der Waals surface area contributed by atoms with Crippen LogP contribution in [0, 0.1) is 6.92 Å². The lowest BCUT2D eigenvalue weighted by Gasteiger charge is -2.31. The molecule has 3 rings (SSSR count). The maximum absolute atomic E-state index is 12.7. The van der Waals surface area contributed by atoms with Gasteiger partial charge in [0.15, 0.2) is 0 Å². The van der Waals surface area contributed by atoms with Crippen LogP contribution in [0.15, 0.2) is 35.4 Å². The molecule has 24 heavy (non-hydrogen) atoms. The molecule has 130 valence electrons. The van der Waals surface area contributed by atoms with Crippen LogP contribution in [0.5, 0.6) is 0 Å². The highest BCUT2D eigenvalue weighted by molar-refractivity contribution is 7.89. The number of aryl methyl sites for hydroxylation is 2. The van der Waals surface area contributed by atoms with Gasteiger partial charge in [-0.05, 0) is 31.9 Å². The van der Waals surface area contributed by atoms with Crippen molar-refractivity contribution >= 4 is 10.0 Å². The predicted octanol–water partition coefficient (Wildman–Crippen LogP) is 1.07. The van der Waals surface area contributed by atoms with E-state index >= 15 is 0 Å². The lowest BCUT2D eigenvalue weighted by atomic mass is 10.1. The van der Waals surface area contributed by atoms with Crippen molar-refractivity contribution in [1.29, 1.82) is 0 Å². The molecule has 8 heteroatoms. The van der Waals surface area contributed by atoms with Crippen molar-refractivity contribution in [2.75, 3.05) is 13.1 Å². The molecule has 0 amide bonds. The maximum atomic E-state index is 12.7. The van der Waals surface area contributed by atoms with E-state index in [9.17, 15) is 8.42 Å². The summed E-state index contributed by atoms with van der Waals surface area (Å²) in [5.74, 6) is 0. The molecule has 1 aliphatic rings. The van der Waals surface area contributed by atoms with E-state index in [0.29, 0.717) is 30.6 Å². The third-order valence-electron chi connectivity index (χ3n) is 4.49. The Bertz CT molecular complexity index is 777. The number of nitrogens with zero attached hydrogens (tertiary/aromatic N) is 4. The summed E-state index contributed by atoms with van der Waals surface area (Å²) in [6.07, 6.45) is 3.34. The minimum atomic E-state index is -3.39. The van der Waals surface area contributed by atoms with Gasteiger partial charge in [0.2, 0.25) is 10.0 Å². The van der Waals surface area contributed by atoms with Gasteiger partial charge in [-0.1, -0.05) is 22.9 Å². The van der Waals surface area contributed by atoms with Crippen molar-refractivity contribution < 1.29 is 8.42 Å². The molecule has 2 aromatic rings. The lowest BCUT2D eigenvalue weighted by molar-refractivity contribution is 0.287. The highest BCUT2D eigenvalue weighted by Gasteiger charge is 2.29. The van der Waals surface area contributed by atoms with Crippen LogP contribution < -0.4 is 5.32 Å². The predicted molar refractivity (Wildman–Crippen MR) is 90.8 cm³/mol. The van der Waals surface area contributed by atoms with Gasteiger partial charge in [0.05, 0.1) is 16.8 Å². The number of nitrogens with one attached hydrogen (secondary N) is 1. The molecule has 1 saturated heterocycles. The first kappa shape index (κ1) is 17.1. The SMILES string of the molecule is Cc1ccc(S(=O)(=O)N2CCC(NCc3cnnn3C)CC2)cc1. The standard InChI is InChI=1S/C16H23N5O2S/c1-13-3-5-16(6-4-13)24(22,23)21-9-7-14(8-10-21)17-11-15-12-18-19-20(15)2/h3-6,12,14,17H,7-11H2,1-2H3. The third-order valence-corrected chi connectivity index (χ3v) is 6.41. The second-order valence-electron chi connectivity index (χ2n) is 6.22. The van der Waals surface area contributed by atoms with Gasteiger partial charge < -0.3 is 5.32 Å². The molecule has 2 heterocycles. The molecule has 0 spiro atoms. The highest BCUT2D eigenvalue weighted by Crippen LogP contribution is 2.21. The van der Waals surface area contributed by atoms with Crippen LogP contribution in [0.4, 0.5) is 0 Å². The average molecular weight is 349 g/mol. The number of rotatable bonds is 5. The number of sulfonamides is 1. The molecule has 1 aliphatic heterocycles. The van der Waals surface area contributed by atoms with Crippen molar-refractivity contribution in [3.8, 4) is 0 Å². The zero-order valence-electron chi connectivity index (χ0n) is 14.0. The normalized spacial score (nSPS) is 17.2. The summed E-state index contributed by atoms with van der Waals surface area (Å²) in [6.45, 7) is 3.72. The van der Waals surface area contributed by atoms with Crippen molar-refractivity contribution in [2.45, 2.75) is 37.2 Å². The van der Waals surface area contributed by atoms with Gasteiger partial charge in [-0.3, -0.25) is 4.68 Å². The van der Waals surface area contributed by atoms with E-state index < -0.39 is 10.0 Å². The Kier molecular flexibility index (Phi) is 4.98. The van der Waals surface area contributed by atoms with E-state index in [1.807, 2.05) is 26.1 Å². The molecule has 0 bridgehead atoms. The van der Waals surface area contributed by atoms with Gasteiger partial charge >= 0.3 is 0 Å². The number of piperidine rings is 1. The first-order chi connectivity index (χ1) is 11.5. The Morgan fingerprint density at radius 1 is 1.21 bits per heavy atom. The summed E-state index contributed by atoms with van der Waals surface area (Å²) < 4.78 is 28.7. The van der Waals surface area contributed by atoms with Crippen LogP contribution in [-0.4, -0.2) is 46.8 Å². The van der Waals surface area contributed by atoms with E-state index in [-0.39, 0.29) is 0 Å². The van der Waals surface area contributed by atoms with Gasteiger partial charge in [-0.25, -0.2) is 8.42 Å². The summed E-state index contributed by atoms with van der Waals surface area (Å²) in [7, 11) is -1.52.